The first-order valence-corrected chi connectivity index (χ1v) is 8.01. The molecule has 7 heteroatoms. The van der Waals surface area contributed by atoms with Gasteiger partial charge in [-0.1, -0.05) is 24.3 Å². The van der Waals surface area contributed by atoms with Gasteiger partial charge in [0.05, 0.1) is 5.69 Å². The highest BCUT2D eigenvalue weighted by molar-refractivity contribution is 9.10. The third-order valence-corrected chi connectivity index (χ3v) is 4.46. The van der Waals surface area contributed by atoms with Crippen LogP contribution < -0.4 is 15.5 Å². The number of para-hydroxylation sites is 1. The van der Waals surface area contributed by atoms with Gasteiger partial charge in [-0.05, 0) is 46.6 Å². The molecule has 122 valence electrons. The van der Waals surface area contributed by atoms with E-state index in [1.165, 1.54) is 0 Å². The number of hydrogen-bond acceptors (Lipinski definition) is 4. The molecule has 0 saturated heterocycles. The number of nitrogens with zero attached hydrogens (tertiary/aromatic N) is 1. The van der Waals surface area contributed by atoms with Gasteiger partial charge < -0.3 is 10.1 Å². The Hall–Kier alpha value is -2.67. The van der Waals surface area contributed by atoms with Gasteiger partial charge in [-0.2, -0.15) is 5.10 Å². The number of halogens is 1. The number of nitrogens with one attached hydrogen (secondary N) is 2. The molecular weight excluding hydrogens is 374 g/mol. The van der Waals surface area contributed by atoms with E-state index in [0.717, 1.165) is 10.0 Å². The molecule has 0 radical (unpaired) electrons. The predicted molar refractivity (Wildman–Crippen MR) is 94.1 cm³/mol. The third kappa shape index (κ3) is 3.30. The second-order valence-electron chi connectivity index (χ2n) is 5.17. The van der Waals surface area contributed by atoms with Gasteiger partial charge >= 0.3 is 0 Å². The number of amides is 2. The van der Waals surface area contributed by atoms with Gasteiger partial charge in [0, 0.05) is 10.0 Å². The molecule has 6 nitrogen and oxygen atoms in total. The number of rotatable bonds is 4. The van der Waals surface area contributed by atoms with Crippen LogP contribution in [0.4, 0.5) is 5.69 Å². The Labute approximate surface area is 147 Å². The zero-order valence-electron chi connectivity index (χ0n) is 12.8. The van der Waals surface area contributed by atoms with Gasteiger partial charge in [-0.15, -0.1) is 0 Å². The van der Waals surface area contributed by atoms with Crippen molar-refractivity contribution < 1.29 is 14.3 Å². The Bertz CT molecular complexity index is 834. The van der Waals surface area contributed by atoms with E-state index in [1.54, 1.807) is 18.2 Å². The summed E-state index contributed by atoms with van der Waals surface area (Å²) >= 11 is 3.46. The number of hydrazone groups is 1. The number of benzene rings is 2. The van der Waals surface area contributed by atoms with E-state index in [-0.39, 0.29) is 18.2 Å². The molecule has 2 amide bonds. The van der Waals surface area contributed by atoms with Crippen molar-refractivity contribution in [1.29, 1.82) is 0 Å². The molecule has 2 N–H and O–H groups in total. The van der Waals surface area contributed by atoms with Crippen molar-refractivity contribution in [3.63, 3.8) is 0 Å². The summed E-state index contributed by atoms with van der Waals surface area (Å²) < 4.78 is 6.10. The molecule has 0 fully saturated rings. The zero-order chi connectivity index (χ0) is 17.1. The minimum atomic E-state index is -0.448. The maximum absolute atomic E-state index is 12.0. The summed E-state index contributed by atoms with van der Waals surface area (Å²) in [5.41, 5.74) is 4.79. The van der Waals surface area contributed by atoms with Gasteiger partial charge in [0.1, 0.15) is 5.75 Å². The fourth-order valence-corrected chi connectivity index (χ4v) is 2.77. The normalized spacial score (nSPS) is 14.2. The van der Waals surface area contributed by atoms with Crippen LogP contribution in [0.2, 0.25) is 0 Å². The Kier molecular flexibility index (Phi) is 4.61. The van der Waals surface area contributed by atoms with Gasteiger partial charge in [-0.3, -0.25) is 9.59 Å². The van der Waals surface area contributed by atoms with Gasteiger partial charge in [0.25, 0.3) is 11.8 Å². The molecule has 3 rings (SSSR count). The fraction of sp³-hybridized carbons (Fsp3) is 0.118. The fourth-order valence-electron chi connectivity index (χ4n) is 2.23. The molecule has 2 aromatic carbocycles. The maximum atomic E-state index is 12.0. The molecule has 2 aromatic rings. The molecule has 1 aliphatic heterocycles. The summed E-state index contributed by atoms with van der Waals surface area (Å²) in [4.78, 5) is 23.9. The quantitative estimate of drug-likeness (QED) is 0.791. The van der Waals surface area contributed by atoms with Crippen molar-refractivity contribution >= 4 is 39.1 Å². The highest BCUT2D eigenvalue weighted by Crippen LogP contribution is 2.32. The van der Waals surface area contributed by atoms with Crippen molar-refractivity contribution in [2.24, 2.45) is 5.10 Å². The summed E-state index contributed by atoms with van der Waals surface area (Å²) in [7, 11) is 0. The number of ether oxygens (including phenoxy) is 1. The molecule has 0 aromatic heterocycles. The second kappa shape index (κ2) is 6.84. The lowest BCUT2D eigenvalue weighted by atomic mass is 10.1. The standard InChI is InChI=1S/C17H14BrN3O3/c1-10-7-8-12-14(15(10)18)16(17(23)19-12)21-20-13(22)9-24-11-5-3-2-4-6-11/h2-8H,9H2,1H3,(H,20,22)(H,19,21,23). The van der Waals surface area contributed by atoms with Gasteiger partial charge in [0.15, 0.2) is 12.3 Å². The summed E-state index contributed by atoms with van der Waals surface area (Å²) in [6, 6.07) is 12.7. The highest BCUT2D eigenvalue weighted by atomic mass is 79.9. The Morgan fingerprint density at radius 3 is 2.75 bits per heavy atom. The first-order valence-electron chi connectivity index (χ1n) is 7.21. The Balaban J connectivity index is 1.70. The van der Waals surface area contributed by atoms with E-state index in [0.29, 0.717) is 17.0 Å². The Morgan fingerprint density at radius 2 is 2.00 bits per heavy atom. The van der Waals surface area contributed by atoms with E-state index in [9.17, 15) is 9.59 Å². The average Bonchev–Trinajstić information content (AvgIpc) is 2.91. The van der Waals surface area contributed by atoms with E-state index >= 15 is 0 Å². The number of anilines is 1. The van der Waals surface area contributed by atoms with Crippen LogP contribution in [0, 0.1) is 6.92 Å². The molecule has 24 heavy (non-hydrogen) atoms. The van der Waals surface area contributed by atoms with Crippen LogP contribution in [0.15, 0.2) is 52.0 Å². The average molecular weight is 388 g/mol. The van der Waals surface area contributed by atoms with E-state index in [4.69, 9.17) is 4.74 Å². The second-order valence-corrected chi connectivity index (χ2v) is 5.96. The van der Waals surface area contributed by atoms with Crippen LogP contribution in [0.3, 0.4) is 0 Å². The molecule has 0 spiro atoms. The predicted octanol–water partition coefficient (Wildman–Crippen LogP) is 2.61. The smallest absolute Gasteiger partial charge is 0.277 e. The summed E-state index contributed by atoms with van der Waals surface area (Å²) in [5, 5.41) is 6.67. The van der Waals surface area contributed by atoms with Gasteiger partial charge in [-0.25, -0.2) is 5.43 Å². The summed E-state index contributed by atoms with van der Waals surface area (Å²) in [5.74, 6) is -0.223. The Morgan fingerprint density at radius 1 is 1.25 bits per heavy atom. The van der Waals surface area contributed by atoms with Crippen LogP contribution in [-0.2, 0) is 9.59 Å². The van der Waals surface area contributed by atoms with Crippen LogP contribution in [0.25, 0.3) is 0 Å². The van der Waals surface area contributed by atoms with Crippen molar-refractivity contribution in [3.8, 4) is 5.75 Å². The SMILES string of the molecule is Cc1ccc2c(c1Br)/C(=N\NC(=O)COc1ccccc1)C(=O)N2. The van der Waals surface area contributed by atoms with Gasteiger partial charge in [0.2, 0.25) is 0 Å². The molecule has 0 aliphatic carbocycles. The van der Waals surface area contributed by atoms with Crippen molar-refractivity contribution in [2.45, 2.75) is 6.92 Å². The number of hydrogen-bond donors (Lipinski definition) is 2. The lowest BCUT2D eigenvalue weighted by Gasteiger charge is -2.06. The first kappa shape index (κ1) is 16.2. The molecule has 0 bridgehead atoms. The topological polar surface area (TPSA) is 79.8 Å². The largest absolute Gasteiger partial charge is 0.484 e. The van der Waals surface area contributed by atoms with Crippen LogP contribution in [0.5, 0.6) is 5.75 Å². The van der Waals surface area contributed by atoms with Crippen LogP contribution in [0.1, 0.15) is 11.1 Å². The monoisotopic (exact) mass is 387 g/mol. The molecular formula is C17H14BrN3O3. The molecule has 0 saturated carbocycles. The van der Waals surface area contributed by atoms with Crippen molar-refractivity contribution in [2.75, 3.05) is 11.9 Å². The van der Waals surface area contributed by atoms with E-state index in [2.05, 4.69) is 31.8 Å². The number of fused-ring (bicyclic) bond motifs is 1. The van der Waals surface area contributed by atoms with Crippen molar-refractivity contribution in [1.82, 2.24) is 5.43 Å². The third-order valence-electron chi connectivity index (χ3n) is 3.44. The zero-order valence-corrected chi connectivity index (χ0v) is 14.4. The van der Waals surface area contributed by atoms with Crippen molar-refractivity contribution in [3.05, 3.63) is 58.1 Å². The minimum Gasteiger partial charge on any atom is -0.484 e. The molecule has 0 atom stereocenters. The van der Waals surface area contributed by atoms with Crippen LogP contribution in [-0.4, -0.2) is 24.1 Å². The van der Waals surface area contributed by atoms with E-state index < -0.39 is 5.91 Å². The minimum absolute atomic E-state index is 0.161. The lowest BCUT2D eigenvalue weighted by Crippen LogP contribution is -2.27. The van der Waals surface area contributed by atoms with Crippen LogP contribution >= 0.6 is 15.9 Å². The molecule has 1 heterocycles. The maximum Gasteiger partial charge on any atom is 0.277 e. The van der Waals surface area contributed by atoms with E-state index in [1.807, 2.05) is 31.2 Å². The number of carbonyl (C=O) groups is 2. The molecule has 0 unspecified atom stereocenters. The summed E-state index contributed by atoms with van der Waals surface area (Å²) in [6.45, 7) is 1.72. The lowest BCUT2D eigenvalue weighted by molar-refractivity contribution is -0.123. The molecule has 1 aliphatic rings. The first-order chi connectivity index (χ1) is 11.6. The number of carbonyl (C=O) groups excluding carboxylic acids is 2. The number of aryl methyl sites for hydroxylation is 1. The summed E-state index contributed by atoms with van der Waals surface area (Å²) in [6.07, 6.45) is 0. The highest BCUT2D eigenvalue weighted by Gasteiger charge is 2.29.